The van der Waals surface area contributed by atoms with Gasteiger partial charge in [-0.05, 0) is 37.4 Å². The summed E-state index contributed by atoms with van der Waals surface area (Å²) in [6.07, 6.45) is 3.60. The summed E-state index contributed by atoms with van der Waals surface area (Å²) < 4.78 is 5.58. The molecule has 1 aliphatic rings. The SMILES string of the molecule is CCC(CCN)CCC(=O)N1CCOc2ccccc21. The maximum atomic E-state index is 12.4. The van der Waals surface area contributed by atoms with Gasteiger partial charge in [0.15, 0.2) is 0 Å². The highest BCUT2D eigenvalue weighted by molar-refractivity contribution is 5.95. The summed E-state index contributed by atoms with van der Waals surface area (Å²) in [5.41, 5.74) is 6.50. The van der Waals surface area contributed by atoms with Crippen molar-refractivity contribution >= 4 is 11.6 Å². The van der Waals surface area contributed by atoms with Crippen LogP contribution >= 0.6 is 0 Å². The Labute approximate surface area is 120 Å². The van der Waals surface area contributed by atoms with Crippen LogP contribution < -0.4 is 15.4 Å². The van der Waals surface area contributed by atoms with Crippen LogP contribution in [0.2, 0.25) is 0 Å². The molecular weight excluding hydrogens is 252 g/mol. The molecule has 0 aromatic heterocycles. The van der Waals surface area contributed by atoms with Crippen LogP contribution in [-0.2, 0) is 4.79 Å². The summed E-state index contributed by atoms with van der Waals surface area (Å²) >= 11 is 0. The second-order valence-electron chi connectivity index (χ2n) is 5.25. The Morgan fingerprint density at radius 1 is 1.40 bits per heavy atom. The minimum Gasteiger partial charge on any atom is -0.490 e. The maximum absolute atomic E-state index is 12.4. The molecule has 20 heavy (non-hydrogen) atoms. The fourth-order valence-corrected chi connectivity index (χ4v) is 2.68. The number of rotatable bonds is 6. The van der Waals surface area contributed by atoms with Crippen LogP contribution in [0, 0.1) is 5.92 Å². The first-order valence-corrected chi connectivity index (χ1v) is 7.48. The second kappa shape index (κ2) is 7.29. The van der Waals surface area contributed by atoms with Crippen LogP contribution in [0.25, 0.3) is 0 Å². The fourth-order valence-electron chi connectivity index (χ4n) is 2.68. The summed E-state index contributed by atoms with van der Waals surface area (Å²) in [6.45, 7) is 4.08. The molecule has 1 atom stereocenters. The third-order valence-corrected chi connectivity index (χ3v) is 3.95. The number of carbonyl (C=O) groups is 1. The number of nitrogens with two attached hydrogens (primary N) is 1. The first-order valence-electron chi connectivity index (χ1n) is 7.48. The Kier molecular flexibility index (Phi) is 5.41. The van der Waals surface area contributed by atoms with Gasteiger partial charge in [0.2, 0.25) is 5.91 Å². The van der Waals surface area contributed by atoms with Gasteiger partial charge in [-0.1, -0.05) is 25.5 Å². The highest BCUT2D eigenvalue weighted by Gasteiger charge is 2.23. The number of hydrogen-bond donors (Lipinski definition) is 1. The standard InChI is InChI=1S/C16H24N2O2/c1-2-13(9-10-17)7-8-16(19)18-11-12-20-15-6-4-3-5-14(15)18/h3-6,13H,2,7-12,17H2,1H3. The number of fused-ring (bicyclic) bond motifs is 1. The van der Waals surface area contributed by atoms with Crippen molar-refractivity contribution in [1.29, 1.82) is 0 Å². The zero-order chi connectivity index (χ0) is 14.4. The van der Waals surface area contributed by atoms with E-state index in [2.05, 4.69) is 6.92 Å². The molecule has 2 N–H and O–H groups in total. The predicted molar refractivity (Wildman–Crippen MR) is 81.0 cm³/mol. The van der Waals surface area contributed by atoms with Crippen molar-refractivity contribution < 1.29 is 9.53 Å². The van der Waals surface area contributed by atoms with Gasteiger partial charge in [0, 0.05) is 6.42 Å². The van der Waals surface area contributed by atoms with E-state index in [9.17, 15) is 4.79 Å². The molecular formula is C16H24N2O2. The Morgan fingerprint density at radius 2 is 2.20 bits per heavy atom. The Bertz CT molecular complexity index is 448. The highest BCUT2D eigenvalue weighted by Crippen LogP contribution is 2.31. The van der Waals surface area contributed by atoms with Crippen LogP contribution in [0.5, 0.6) is 5.75 Å². The predicted octanol–water partition coefficient (Wildman–Crippen LogP) is 2.57. The van der Waals surface area contributed by atoms with Gasteiger partial charge >= 0.3 is 0 Å². The second-order valence-corrected chi connectivity index (χ2v) is 5.25. The molecule has 0 radical (unpaired) electrons. The fraction of sp³-hybridized carbons (Fsp3) is 0.562. The van der Waals surface area contributed by atoms with Crippen LogP contribution in [-0.4, -0.2) is 25.6 Å². The average molecular weight is 276 g/mol. The van der Waals surface area contributed by atoms with Gasteiger partial charge in [-0.2, -0.15) is 0 Å². The molecule has 4 nitrogen and oxygen atoms in total. The molecule has 1 aliphatic heterocycles. The molecule has 0 saturated heterocycles. The zero-order valence-electron chi connectivity index (χ0n) is 12.2. The van der Waals surface area contributed by atoms with E-state index in [1.54, 1.807) is 0 Å². The molecule has 0 spiro atoms. The monoisotopic (exact) mass is 276 g/mol. The number of amides is 1. The van der Waals surface area contributed by atoms with Gasteiger partial charge in [-0.15, -0.1) is 0 Å². The Hall–Kier alpha value is -1.55. The molecule has 2 rings (SSSR count). The maximum Gasteiger partial charge on any atom is 0.227 e. The van der Waals surface area contributed by atoms with Crippen molar-refractivity contribution in [3.63, 3.8) is 0 Å². The number of ether oxygens (including phenoxy) is 1. The van der Waals surface area contributed by atoms with E-state index in [1.165, 1.54) is 0 Å². The molecule has 110 valence electrons. The molecule has 0 aliphatic carbocycles. The van der Waals surface area contributed by atoms with E-state index in [0.717, 1.165) is 30.7 Å². The first-order chi connectivity index (χ1) is 9.76. The lowest BCUT2D eigenvalue weighted by molar-refractivity contribution is -0.119. The van der Waals surface area contributed by atoms with Crippen LogP contribution in [0.15, 0.2) is 24.3 Å². The number of para-hydroxylation sites is 2. The van der Waals surface area contributed by atoms with Crippen molar-refractivity contribution in [2.75, 3.05) is 24.6 Å². The van der Waals surface area contributed by atoms with E-state index in [1.807, 2.05) is 29.2 Å². The van der Waals surface area contributed by atoms with Crippen LogP contribution in [0.4, 0.5) is 5.69 Å². The summed E-state index contributed by atoms with van der Waals surface area (Å²) in [7, 11) is 0. The number of nitrogens with zero attached hydrogens (tertiary/aromatic N) is 1. The molecule has 1 unspecified atom stereocenters. The van der Waals surface area contributed by atoms with Crippen molar-refractivity contribution in [1.82, 2.24) is 0 Å². The lowest BCUT2D eigenvalue weighted by Crippen LogP contribution is -2.38. The Morgan fingerprint density at radius 3 is 2.95 bits per heavy atom. The largest absolute Gasteiger partial charge is 0.490 e. The van der Waals surface area contributed by atoms with Gasteiger partial charge in [0.05, 0.1) is 12.2 Å². The number of anilines is 1. The third kappa shape index (κ3) is 3.51. The lowest BCUT2D eigenvalue weighted by Gasteiger charge is -2.30. The molecule has 1 aromatic carbocycles. The highest BCUT2D eigenvalue weighted by atomic mass is 16.5. The molecule has 0 bridgehead atoms. The quantitative estimate of drug-likeness (QED) is 0.868. The summed E-state index contributed by atoms with van der Waals surface area (Å²) in [5.74, 6) is 1.55. The zero-order valence-corrected chi connectivity index (χ0v) is 12.2. The number of hydrogen-bond acceptors (Lipinski definition) is 3. The minimum atomic E-state index is 0.191. The van der Waals surface area contributed by atoms with Crippen molar-refractivity contribution in [3.05, 3.63) is 24.3 Å². The number of benzene rings is 1. The molecule has 1 amide bonds. The van der Waals surface area contributed by atoms with Crippen molar-refractivity contribution in [3.8, 4) is 5.75 Å². The van der Waals surface area contributed by atoms with E-state index >= 15 is 0 Å². The molecule has 0 fully saturated rings. The van der Waals surface area contributed by atoms with E-state index in [-0.39, 0.29) is 5.91 Å². The van der Waals surface area contributed by atoms with Crippen LogP contribution in [0.3, 0.4) is 0 Å². The van der Waals surface area contributed by atoms with Crippen molar-refractivity contribution in [2.45, 2.75) is 32.6 Å². The third-order valence-electron chi connectivity index (χ3n) is 3.95. The molecule has 1 heterocycles. The minimum absolute atomic E-state index is 0.191. The van der Waals surface area contributed by atoms with E-state index < -0.39 is 0 Å². The van der Waals surface area contributed by atoms with Gasteiger partial charge in [-0.3, -0.25) is 4.79 Å². The first kappa shape index (κ1) is 14.9. The summed E-state index contributed by atoms with van der Waals surface area (Å²) in [5, 5.41) is 0. The summed E-state index contributed by atoms with van der Waals surface area (Å²) in [4.78, 5) is 14.3. The van der Waals surface area contributed by atoms with Gasteiger partial charge < -0.3 is 15.4 Å². The van der Waals surface area contributed by atoms with E-state index in [4.69, 9.17) is 10.5 Å². The van der Waals surface area contributed by atoms with Gasteiger partial charge in [0.25, 0.3) is 0 Å². The van der Waals surface area contributed by atoms with Crippen LogP contribution in [0.1, 0.15) is 32.6 Å². The average Bonchev–Trinajstić information content (AvgIpc) is 2.50. The molecule has 4 heteroatoms. The van der Waals surface area contributed by atoms with E-state index in [0.29, 0.717) is 32.0 Å². The van der Waals surface area contributed by atoms with Gasteiger partial charge in [0.1, 0.15) is 12.4 Å². The normalized spacial score (nSPS) is 15.4. The summed E-state index contributed by atoms with van der Waals surface area (Å²) in [6, 6.07) is 7.74. The molecule has 1 aromatic rings. The molecule has 0 saturated carbocycles. The topological polar surface area (TPSA) is 55.6 Å². The van der Waals surface area contributed by atoms with Crippen molar-refractivity contribution in [2.24, 2.45) is 11.7 Å². The number of carbonyl (C=O) groups excluding carboxylic acids is 1. The van der Waals surface area contributed by atoms with Gasteiger partial charge in [-0.25, -0.2) is 0 Å². The smallest absolute Gasteiger partial charge is 0.227 e. The Balaban J connectivity index is 1.97. The lowest BCUT2D eigenvalue weighted by atomic mass is 9.96.